The molecule has 1 atom stereocenters. The lowest BCUT2D eigenvalue weighted by Crippen LogP contribution is -2.05. The highest BCUT2D eigenvalue weighted by atomic mass is 35.5. The van der Waals surface area contributed by atoms with Gasteiger partial charge in [-0.25, -0.2) is 0 Å². The van der Waals surface area contributed by atoms with Gasteiger partial charge in [-0.05, 0) is 19.4 Å². The van der Waals surface area contributed by atoms with Gasteiger partial charge >= 0.3 is 0 Å². The molecular weight excluding hydrogens is 174 g/mol. The first kappa shape index (κ1) is 11.3. The fraction of sp³-hybridized carbons (Fsp3) is 0.333. The first-order chi connectivity index (χ1) is 5.13. The van der Waals surface area contributed by atoms with E-state index in [1.54, 1.807) is 0 Å². The maximum absolute atomic E-state index is 9.49. The minimum Gasteiger partial charge on any atom is -0.507 e. The summed E-state index contributed by atoms with van der Waals surface area (Å²) in [5.41, 5.74) is 7.31. The Labute approximate surface area is 78.8 Å². The zero-order valence-electron chi connectivity index (χ0n) is 7.24. The van der Waals surface area contributed by atoms with Gasteiger partial charge in [0.1, 0.15) is 5.75 Å². The molecule has 0 aliphatic carbocycles. The van der Waals surface area contributed by atoms with Crippen molar-refractivity contribution in [2.45, 2.75) is 19.9 Å². The minimum absolute atomic E-state index is 0. The molecule has 0 aliphatic rings. The SMILES string of the molecule is Cc1cccc([C@H](C)N)c1O.Cl. The fourth-order valence-corrected chi connectivity index (χ4v) is 1.05. The number of phenolic OH excluding ortho intramolecular Hbond substituents is 1. The van der Waals surface area contributed by atoms with Gasteiger partial charge in [0.2, 0.25) is 0 Å². The molecule has 3 N–H and O–H groups in total. The van der Waals surface area contributed by atoms with E-state index in [0.717, 1.165) is 11.1 Å². The van der Waals surface area contributed by atoms with Crippen molar-refractivity contribution < 1.29 is 5.11 Å². The summed E-state index contributed by atoms with van der Waals surface area (Å²) in [7, 11) is 0. The summed E-state index contributed by atoms with van der Waals surface area (Å²) >= 11 is 0. The average molecular weight is 188 g/mol. The number of phenols is 1. The molecule has 0 saturated carbocycles. The van der Waals surface area contributed by atoms with E-state index in [1.807, 2.05) is 32.0 Å². The fourth-order valence-electron chi connectivity index (χ4n) is 1.05. The number of rotatable bonds is 1. The minimum atomic E-state index is -0.102. The molecule has 2 nitrogen and oxygen atoms in total. The molecule has 0 amide bonds. The first-order valence-corrected chi connectivity index (χ1v) is 3.67. The summed E-state index contributed by atoms with van der Waals surface area (Å²) in [5.74, 6) is 0.322. The first-order valence-electron chi connectivity index (χ1n) is 3.67. The second kappa shape index (κ2) is 4.33. The number of para-hydroxylation sites is 1. The van der Waals surface area contributed by atoms with Gasteiger partial charge in [-0.1, -0.05) is 18.2 Å². The van der Waals surface area contributed by atoms with E-state index in [1.165, 1.54) is 0 Å². The predicted molar refractivity (Wildman–Crippen MR) is 52.7 cm³/mol. The van der Waals surface area contributed by atoms with E-state index in [4.69, 9.17) is 5.73 Å². The Kier molecular flexibility index (Phi) is 4.07. The van der Waals surface area contributed by atoms with E-state index < -0.39 is 0 Å². The van der Waals surface area contributed by atoms with Crippen LogP contribution in [0.2, 0.25) is 0 Å². The molecule has 3 heteroatoms. The standard InChI is InChI=1S/C9H13NO.ClH/c1-6-4-3-5-8(7(2)10)9(6)11;/h3-5,7,11H,10H2,1-2H3;1H/t7-;/m0./s1. The van der Waals surface area contributed by atoms with Crippen molar-refractivity contribution in [1.82, 2.24) is 0 Å². The Balaban J connectivity index is 0.00000121. The molecule has 0 heterocycles. The van der Waals surface area contributed by atoms with Crippen molar-refractivity contribution in [3.8, 4) is 5.75 Å². The molecule has 12 heavy (non-hydrogen) atoms. The third-order valence-electron chi connectivity index (χ3n) is 1.76. The second-order valence-electron chi connectivity index (χ2n) is 2.80. The zero-order chi connectivity index (χ0) is 8.43. The van der Waals surface area contributed by atoms with E-state index in [2.05, 4.69) is 0 Å². The number of aryl methyl sites for hydroxylation is 1. The topological polar surface area (TPSA) is 46.2 Å². The Hall–Kier alpha value is -0.730. The second-order valence-corrected chi connectivity index (χ2v) is 2.80. The summed E-state index contributed by atoms with van der Waals surface area (Å²) in [4.78, 5) is 0. The van der Waals surface area contributed by atoms with Crippen LogP contribution in [0, 0.1) is 6.92 Å². The van der Waals surface area contributed by atoms with Gasteiger partial charge in [-0.3, -0.25) is 0 Å². The Morgan fingerprint density at radius 2 is 2.00 bits per heavy atom. The highest BCUT2D eigenvalue weighted by Crippen LogP contribution is 2.25. The lowest BCUT2D eigenvalue weighted by Gasteiger charge is -2.09. The monoisotopic (exact) mass is 187 g/mol. The van der Waals surface area contributed by atoms with E-state index >= 15 is 0 Å². The number of hydrogen-bond acceptors (Lipinski definition) is 2. The van der Waals surface area contributed by atoms with Crippen LogP contribution in [0.5, 0.6) is 5.75 Å². The molecule has 1 aromatic carbocycles. The van der Waals surface area contributed by atoms with Gasteiger partial charge in [-0.15, -0.1) is 12.4 Å². The molecule has 0 fully saturated rings. The molecular formula is C9H14ClNO. The molecule has 0 bridgehead atoms. The zero-order valence-corrected chi connectivity index (χ0v) is 8.06. The lowest BCUT2D eigenvalue weighted by atomic mass is 10.1. The third kappa shape index (κ3) is 2.13. The van der Waals surface area contributed by atoms with E-state index in [-0.39, 0.29) is 18.4 Å². The largest absolute Gasteiger partial charge is 0.507 e. The van der Waals surface area contributed by atoms with Gasteiger partial charge < -0.3 is 10.8 Å². The number of aromatic hydroxyl groups is 1. The van der Waals surface area contributed by atoms with Crippen LogP contribution in [0.25, 0.3) is 0 Å². The molecule has 0 aliphatic heterocycles. The molecule has 68 valence electrons. The maximum atomic E-state index is 9.49. The highest BCUT2D eigenvalue weighted by molar-refractivity contribution is 5.85. The van der Waals surface area contributed by atoms with Crippen molar-refractivity contribution in [3.05, 3.63) is 29.3 Å². The van der Waals surface area contributed by atoms with Crippen LogP contribution >= 0.6 is 12.4 Å². The van der Waals surface area contributed by atoms with Gasteiger partial charge in [0.25, 0.3) is 0 Å². The third-order valence-corrected chi connectivity index (χ3v) is 1.76. The van der Waals surface area contributed by atoms with Crippen molar-refractivity contribution in [1.29, 1.82) is 0 Å². The number of nitrogens with two attached hydrogens (primary N) is 1. The molecule has 0 saturated heterocycles. The van der Waals surface area contributed by atoms with Crippen LogP contribution in [-0.4, -0.2) is 5.11 Å². The number of hydrogen-bond donors (Lipinski definition) is 2. The van der Waals surface area contributed by atoms with Crippen molar-refractivity contribution in [2.75, 3.05) is 0 Å². The predicted octanol–water partition coefficient (Wildman–Crippen LogP) is 2.14. The molecule has 0 aromatic heterocycles. The summed E-state index contributed by atoms with van der Waals surface area (Å²) < 4.78 is 0. The quantitative estimate of drug-likeness (QED) is 0.708. The molecule has 0 spiro atoms. The van der Waals surface area contributed by atoms with Crippen LogP contribution in [0.15, 0.2) is 18.2 Å². The molecule has 0 unspecified atom stereocenters. The van der Waals surface area contributed by atoms with Crippen LogP contribution in [-0.2, 0) is 0 Å². The Bertz CT molecular complexity index is 261. The van der Waals surface area contributed by atoms with Crippen LogP contribution in [0.4, 0.5) is 0 Å². The van der Waals surface area contributed by atoms with Gasteiger partial charge in [-0.2, -0.15) is 0 Å². The van der Waals surface area contributed by atoms with Crippen molar-refractivity contribution >= 4 is 12.4 Å². The van der Waals surface area contributed by atoms with Crippen LogP contribution in [0.1, 0.15) is 24.1 Å². The van der Waals surface area contributed by atoms with Gasteiger partial charge in [0.05, 0.1) is 0 Å². The molecule has 1 rings (SSSR count). The Morgan fingerprint density at radius 3 is 2.42 bits per heavy atom. The summed E-state index contributed by atoms with van der Waals surface area (Å²) in [5, 5.41) is 9.49. The average Bonchev–Trinajstić information content (AvgIpc) is 1.94. The van der Waals surface area contributed by atoms with Gasteiger partial charge in [0, 0.05) is 11.6 Å². The summed E-state index contributed by atoms with van der Waals surface area (Å²) in [6.45, 7) is 3.72. The Morgan fingerprint density at radius 1 is 1.42 bits per heavy atom. The molecule has 1 aromatic rings. The summed E-state index contributed by atoms with van der Waals surface area (Å²) in [6.07, 6.45) is 0. The normalized spacial score (nSPS) is 11.9. The maximum Gasteiger partial charge on any atom is 0.123 e. The van der Waals surface area contributed by atoms with Crippen LogP contribution in [0.3, 0.4) is 0 Å². The molecule has 0 radical (unpaired) electrons. The highest BCUT2D eigenvalue weighted by Gasteiger charge is 2.06. The lowest BCUT2D eigenvalue weighted by molar-refractivity contribution is 0.459. The smallest absolute Gasteiger partial charge is 0.123 e. The van der Waals surface area contributed by atoms with E-state index in [0.29, 0.717) is 5.75 Å². The van der Waals surface area contributed by atoms with Crippen molar-refractivity contribution in [3.63, 3.8) is 0 Å². The summed E-state index contributed by atoms with van der Waals surface area (Å²) in [6, 6.07) is 5.50. The number of halogens is 1. The number of benzene rings is 1. The van der Waals surface area contributed by atoms with Crippen LogP contribution < -0.4 is 5.73 Å². The van der Waals surface area contributed by atoms with Gasteiger partial charge in [0.15, 0.2) is 0 Å². The van der Waals surface area contributed by atoms with Crippen molar-refractivity contribution in [2.24, 2.45) is 5.73 Å². The van der Waals surface area contributed by atoms with E-state index in [9.17, 15) is 5.11 Å².